The second kappa shape index (κ2) is 8.97. The fourth-order valence-electron chi connectivity index (χ4n) is 3.94. The molecule has 7 nitrogen and oxygen atoms in total. The molecule has 2 amide bonds. The molecule has 10 heteroatoms. The van der Waals surface area contributed by atoms with Gasteiger partial charge in [-0.15, -0.1) is 0 Å². The second-order valence-electron chi connectivity index (χ2n) is 7.77. The van der Waals surface area contributed by atoms with E-state index in [1.807, 2.05) is 0 Å². The van der Waals surface area contributed by atoms with E-state index in [1.165, 1.54) is 4.90 Å². The van der Waals surface area contributed by atoms with Gasteiger partial charge in [0.25, 0.3) is 5.91 Å². The van der Waals surface area contributed by atoms with Crippen molar-refractivity contribution in [1.29, 1.82) is 0 Å². The van der Waals surface area contributed by atoms with Crippen LogP contribution in [0.15, 0.2) is 49.1 Å². The zero-order chi connectivity index (χ0) is 22.7. The smallest absolute Gasteiger partial charge is 0.346 e. The van der Waals surface area contributed by atoms with Crippen molar-refractivity contribution >= 4 is 17.5 Å². The molecule has 32 heavy (non-hydrogen) atoms. The number of carbonyl (C=O) groups is 2. The van der Waals surface area contributed by atoms with Crippen LogP contribution in [-0.4, -0.2) is 43.8 Å². The van der Waals surface area contributed by atoms with Crippen LogP contribution in [0.4, 0.5) is 13.2 Å². The highest BCUT2D eigenvalue weighted by molar-refractivity contribution is 5.94. The highest BCUT2D eigenvalue weighted by atomic mass is 19.4. The number of aromatic nitrogens is 3. The number of rotatable bonds is 5. The molecule has 3 heterocycles. The molecule has 1 saturated heterocycles. The molecule has 4 rings (SSSR count). The highest BCUT2D eigenvalue weighted by Gasteiger charge is 2.36. The van der Waals surface area contributed by atoms with Crippen molar-refractivity contribution in [3.8, 4) is 0 Å². The minimum absolute atomic E-state index is 0.233. The molecule has 1 unspecified atom stereocenters. The zero-order valence-corrected chi connectivity index (χ0v) is 17.2. The number of fused-ring (bicyclic) bond motifs is 1. The largest absolute Gasteiger partial charge is 0.397 e. The number of likely N-dealkylation sites (tertiary alicyclic amines) is 1. The van der Waals surface area contributed by atoms with Gasteiger partial charge in [0, 0.05) is 30.7 Å². The van der Waals surface area contributed by atoms with Crippen LogP contribution in [0, 0.1) is 0 Å². The number of hydrogen-bond donors (Lipinski definition) is 1. The molecule has 1 fully saturated rings. The lowest BCUT2D eigenvalue weighted by atomic mass is 9.94. The molecule has 1 aromatic carbocycles. The highest BCUT2D eigenvalue weighted by Crippen LogP contribution is 2.33. The lowest BCUT2D eigenvalue weighted by Crippen LogP contribution is -2.40. The predicted molar refractivity (Wildman–Crippen MR) is 110 cm³/mol. The van der Waals surface area contributed by atoms with Crippen molar-refractivity contribution in [1.82, 2.24) is 24.6 Å². The SMILES string of the molecule is O=C(NCc1cn2ccnc2cn1)c1ccc(C2CCCCN2C(=O)CC(F)(F)F)cc1. The predicted octanol–water partition coefficient (Wildman–Crippen LogP) is 3.67. The summed E-state index contributed by atoms with van der Waals surface area (Å²) in [4.78, 5) is 34.4. The molecular weight excluding hydrogens is 423 g/mol. The first-order valence-corrected chi connectivity index (χ1v) is 10.3. The van der Waals surface area contributed by atoms with Crippen LogP contribution in [0.3, 0.4) is 0 Å². The Hall–Kier alpha value is -3.43. The van der Waals surface area contributed by atoms with E-state index in [0.717, 1.165) is 12.0 Å². The van der Waals surface area contributed by atoms with E-state index in [0.29, 0.717) is 36.3 Å². The van der Waals surface area contributed by atoms with Gasteiger partial charge in [0.1, 0.15) is 6.42 Å². The van der Waals surface area contributed by atoms with Crippen molar-refractivity contribution in [2.75, 3.05) is 6.54 Å². The van der Waals surface area contributed by atoms with Gasteiger partial charge in [-0.25, -0.2) is 4.98 Å². The monoisotopic (exact) mass is 445 g/mol. The Morgan fingerprint density at radius 3 is 2.66 bits per heavy atom. The molecule has 0 spiro atoms. The van der Waals surface area contributed by atoms with Crippen LogP contribution in [0.25, 0.3) is 5.65 Å². The molecule has 0 radical (unpaired) electrons. The summed E-state index contributed by atoms with van der Waals surface area (Å²) in [7, 11) is 0. The normalized spacial score (nSPS) is 16.8. The number of imidazole rings is 1. The summed E-state index contributed by atoms with van der Waals surface area (Å²) >= 11 is 0. The molecule has 0 bridgehead atoms. The van der Waals surface area contributed by atoms with Gasteiger partial charge in [0.15, 0.2) is 5.65 Å². The van der Waals surface area contributed by atoms with E-state index in [1.54, 1.807) is 53.5 Å². The standard InChI is InChI=1S/C22H22F3N5O2/c23-22(24,25)11-20(31)30-9-2-1-3-18(30)15-4-6-16(7-5-15)21(32)28-12-17-14-29-10-8-26-19(29)13-27-17/h4-8,10,13-14,18H,1-3,9,11-12H2,(H,28,32). The Balaban J connectivity index is 1.40. The molecular formula is C22H22F3N5O2. The number of amides is 2. The molecule has 1 aliphatic heterocycles. The Morgan fingerprint density at radius 2 is 1.91 bits per heavy atom. The minimum atomic E-state index is -4.53. The molecule has 0 saturated carbocycles. The average molecular weight is 445 g/mol. The summed E-state index contributed by atoms with van der Waals surface area (Å²) in [5.74, 6) is -1.20. The van der Waals surface area contributed by atoms with Crippen molar-refractivity contribution in [2.24, 2.45) is 0 Å². The van der Waals surface area contributed by atoms with E-state index in [4.69, 9.17) is 0 Å². The second-order valence-corrected chi connectivity index (χ2v) is 7.77. The van der Waals surface area contributed by atoms with Gasteiger partial charge in [0.05, 0.1) is 24.5 Å². The fraction of sp³-hybridized carbons (Fsp3) is 0.364. The average Bonchev–Trinajstić information content (AvgIpc) is 3.24. The molecule has 1 atom stereocenters. The van der Waals surface area contributed by atoms with Crippen LogP contribution >= 0.6 is 0 Å². The zero-order valence-electron chi connectivity index (χ0n) is 17.2. The lowest BCUT2D eigenvalue weighted by molar-refractivity contribution is -0.164. The number of piperidine rings is 1. The number of hydrogen-bond acceptors (Lipinski definition) is 4. The maximum atomic E-state index is 12.7. The summed E-state index contributed by atoms with van der Waals surface area (Å²) in [5.41, 5.74) is 2.52. The summed E-state index contributed by atoms with van der Waals surface area (Å²) < 4.78 is 39.9. The first-order chi connectivity index (χ1) is 15.3. The van der Waals surface area contributed by atoms with Crippen molar-refractivity contribution < 1.29 is 22.8 Å². The maximum absolute atomic E-state index is 12.7. The van der Waals surface area contributed by atoms with Crippen molar-refractivity contribution in [3.05, 3.63) is 65.9 Å². The molecule has 0 aliphatic carbocycles. The van der Waals surface area contributed by atoms with Gasteiger partial charge in [0.2, 0.25) is 5.91 Å². The van der Waals surface area contributed by atoms with E-state index >= 15 is 0 Å². The molecule has 2 aromatic heterocycles. The van der Waals surface area contributed by atoms with Crippen LogP contribution in [-0.2, 0) is 11.3 Å². The Morgan fingerprint density at radius 1 is 1.12 bits per heavy atom. The maximum Gasteiger partial charge on any atom is 0.397 e. The third-order valence-electron chi connectivity index (χ3n) is 5.50. The number of halogens is 3. The van der Waals surface area contributed by atoms with Crippen LogP contribution in [0.2, 0.25) is 0 Å². The lowest BCUT2D eigenvalue weighted by Gasteiger charge is -2.36. The number of benzene rings is 1. The van der Waals surface area contributed by atoms with Gasteiger partial charge in [-0.1, -0.05) is 12.1 Å². The van der Waals surface area contributed by atoms with E-state index in [9.17, 15) is 22.8 Å². The summed E-state index contributed by atoms with van der Waals surface area (Å²) in [6, 6.07) is 6.24. The summed E-state index contributed by atoms with van der Waals surface area (Å²) in [6.07, 6.45) is 2.96. The Kier molecular flexibility index (Phi) is 6.11. The third-order valence-corrected chi connectivity index (χ3v) is 5.50. The number of alkyl halides is 3. The van der Waals surface area contributed by atoms with Crippen LogP contribution in [0.5, 0.6) is 0 Å². The van der Waals surface area contributed by atoms with E-state index < -0.39 is 24.5 Å². The van der Waals surface area contributed by atoms with Crippen molar-refractivity contribution in [3.63, 3.8) is 0 Å². The van der Waals surface area contributed by atoms with Gasteiger partial charge >= 0.3 is 6.18 Å². The first kappa shape index (κ1) is 21.8. The van der Waals surface area contributed by atoms with E-state index in [2.05, 4.69) is 15.3 Å². The van der Waals surface area contributed by atoms with Gasteiger partial charge < -0.3 is 14.6 Å². The number of nitrogens with one attached hydrogen (secondary N) is 1. The summed E-state index contributed by atoms with van der Waals surface area (Å²) in [5, 5.41) is 2.80. The third kappa shape index (κ3) is 5.06. The quantitative estimate of drug-likeness (QED) is 0.650. The number of carbonyl (C=O) groups excluding carboxylic acids is 2. The van der Waals surface area contributed by atoms with Crippen LogP contribution in [0.1, 0.15) is 53.3 Å². The van der Waals surface area contributed by atoms with Gasteiger partial charge in [-0.2, -0.15) is 13.2 Å². The summed E-state index contributed by atoms with van der Waals surface area (Å²) in [6.45, 7) is 0.535. The van der Waals surface area contributed by atoms with Crippen LogP contribution < -0.4 is 5.32 Å². The first-order valence-electron chi connectivity index (χ1n) is 10.3. The van der Waals surface area contributed by atoms with Gasteiger partial charge in [-0.3, -0.25) is 14.6 Å². The molecule has 1 aliphatic rings. The van der Waals surface area contributed by atoms with Crippen molar-refractivity contribution in [2.45, 2.75) is 44.4 Å². The minimum Gasteiger partial charge on any atom is -0.346 e. The topological polar surface area (TPSA) is 79.6 Å². The van der Waals surface area contributed by atoms with Gasteiger partial charge in [-0.05, 0) is 37.0 Å². The Bertz CT molecular complexity index is 1110. The van der Waals surface area contributed by atoms with E-state index in [-0.39, 0.29) is 12.5 Å². The Labute approximate surface area is 182 Å². The fourth-order valence-corrected chi connectivity index (χ4v) is 3.94. The number of nitrogens with zero attached hydrogens (tertiary/aromatic N) is 4. The molecule has 3 aromatic rings. The molecule has 168 valence electrons. The molecule has 1 N–H and O–H groups in total.